The quantitative estimate of drug-likeness (QED) is 0.869. The second-order valence-corrected chi connectivity index (χ2v) is 6.43. The highest BCUT2D eigenvalue weighted by Crippen LogP contribution is 2.39. The van der Waals surface area contributed by atoms with Crippen LogP contribution >= 0.6 is 11.6 Å². The van der Waals surface area contributed by atoms with Gasteiger partial charge in [0.1, 0.15) is 5.82 Å². The predicted octanol–water partition coefficient (Wildman–Crippen LogP) is 4.24. The van der Waals surface area contributed by atoms with Crippen LogP contribution in [0.4, 0.5) is 10.1 Å². The molecule has 0 aromatic heterocycles. The first-order valence-electron chi connectivity index (χ1n) is 6.11. The SMILES string of the molecule is CC1(C)CC(Nc2ccc(Cl)cc2F)C(C)(C)O1. The molecule has 2 rings (SSSR count). The van der Waals surface area contributed by atoms with E-state index in [0.717, 1.165) is 6.42 Å². The van der Waals surface area contributed by atoms with Gasteiger partial charge in [-0.15, -0.1) is 0 Å². The standard InChI is InChI=1S/C14H19ClFNO/c1-13(2)8-12(14(3,4)18-13)17-11-6-5-9(15)7-10(11)16/h5-7,12,17H,8H2,1-4H3. The molecule has 1 fully saturated rings. The van der Waals surface area contributed by atoms with E-state index in [0.29, 0.717) is 10.7 Å². The maximum absolute atomic E-state index is 13.8. The van der Waals surface area contributed by atoms with Crippen molar-refractivity contribution in [1.82, 2.24) is 0 Å². The highest BCUT2D eigenvalue weighted by atomic mass is 35.5. The summed E-state index contributed by atoms with van der Waals surface area (Å²) in [5.41, 5.74) is -0.0432. The third kappa shape index (κ3) is 2.78. The van der Waals surface area contributed by atoms with Crippen LogP contribution in [0.5, 0.6) is 0 Å². The summed E-state index contributed by atoms with van der Waals surface area (Å²) < 4.78 is 19.7. The van der Waals surface area contributed by atoms with Crippen LogP contribution in [-0.2, 0) is 4.74 Å². The molecule has 0 aliphatic carbocycles. The maximum atomic E-state index is 13.8. The van der Waals surface area contributed by atoms with Crippen molar-refractivity contribution in [2.75, 3.05) is 5.32 Å². The van der Waals surface area contributed by atoms with Crippen LogP contribution in [-0.4, -0.2) is 17.2 Å². The van der Waals surface area contributed by atoms with Crippen molar-refractivity contribution in [3.05, 3.63) is 29.0 Å². The molecule has 2 nitrogen and oxygen atoms in total. The third-order valence-corrected chi connectivity index (χ3v) is 3.57. The Kier molecular flexibility index (Phi) is 3.32. The molecule has 1 N–H and O–H groups in total. The maximum Gasteiger partial charge on any atom is 0.147 e. The van der Waals surface area contributed by atoms with E-state index in [2.05, 4.69) is 19.2 Å². The van der Waals surface area contributed by atoms with Crippen LogP contribution in [0.3, 0.4) is 0 Å². The number of nitrogens with one attached hydrogen (secondary N) is 1. The van der Waals surface area contributed by atoms with E-state index in [4.69, 9.17) is 16.3 Å². The molecular formula is C14H19ClFNO. The van der Waals surface area contributed by atoms with Crippen molar-refractivity contribution in [3.8, 4) is 0 Å². The number of halogens is 2. The second-order valence-electron chi connectivity index (χ2n) is 5.99. The number of hydrogen-bond acceptors (Lipinski definition) is 2. The van der Waals surface area contributed by atoms with Crippen molar-refractivity contribution in [3.63, 3.8) is 0 Å². The third-order valence-electron chi connectivity index (χ3n) is 3.34. The minimum Gasteiger partial charge on any atom is -0.377 e. The van der Waals surface area contributed by atoms with Gasteiger partial charge in [0.05, 0.1) is 22.9 Å². The number of anilines is 1. The first kappa shape index (κ1) is 13.6. The van der Waals surface area contributed by atoms with Crippen LogP contribution in [0.25, 0.3) is 0 Å². The van der Waals surface area contributed by atoms with E-state index in [-0.39, 0.29) is 23.1 Å². The summed E-state index contributed by atoms with van der Waals surface area (Å²) in [6, 6.07) is 4.74. The van der Waals surface area contributed by atoms with Crippen LogP contribution in [0.15, 0.2) is 18.2 Å². The molecule has 1 aliphatic heterocycles. The second kappa shape index (κ2) is 4.39. The van der Waals surface area contributed by atoms with Gasteiger partial charge in [0.2, 0.25) is 0 Å². The van der Waals surface area contributed by atoms with Crippen LogP contribution < -0.4 is 5.32 Å². The van der Waals surface area contributed by atoms with Crippen LogP contribution in [0, 0.1) is 5.82 Å². The lowest BCUT2D eigenvalue weighted by Crippen LogP contribution is -2.38. The molecule has 1 unspecified atom stereocenters. The van der Waals surface area contributed by atoms with E-state index in [9.17, 15) is 4.39 Å². The number of hydrogen-bond donors (Lipinski definition) is 1. The molecule has 0 amide bonds. The molecule has 0 spiro atoms. The lowest BCUT2D eigenvalue weighted by atomic mass is 9.94. The minimum atomic E-state index is -0.331. The lowest BCUT2D eigenvalue weighted by molar-refractivity contribution is -0.0662. The average Bonchev–Trinajstić information content (AvgIpc) is 2.39. The van der Waals surface area contributed by atoms with Crippen LogP contribution in [0.1, 0.15) is 34.1 Å². The zero-order valence-corrected chi connectivity index (χ0v) is 11.9. The van der Waals surface area contributed by atoms with Crippen molar-refractivity contribution < 1.29 is 9.13 Å². The molecule has 0 saturated carbocycles. The highest BCUT2D eigenvalue weighted by molar-refractivity contribution is 6.30. The van der Waals surface area contributed by atoms with Gasteiger partial charge in [-0.25, -0.2) is 4.39 Å². The predicted molar refractivity (Wildman–Crippen MR) is 72.7 cm³/mol. The Bertz CT molecular complexity index is 459. The Morgan fingerprint density at radius 3 is 2.50 bits per heavy atom. The highest BCUT2D eigenvalue weighted by Gasteiger charge is 2.45. The smallest absolute Gasteiger partial charge is 0.147 e. The molecule has 18 heavy (non-hydrogen) atoms. The largest absolute Gasteiger partial charge is 0.377 e. The summed E-state index contributed by atoms with van der Waals surface area (Å²) in [6.45, 7) is 8.14. The first-order chi connectivity index (χ1) is 8.20. The van der Waals surface area contributed by atoms with Gasteiger partial charge in [-0.2, -0.15) is 0 Å². The van der Waals surface area contributed by atoms with Crippen molar-refractivity contribution >= 4 is 17.3 Å². The summed E-state index contributed by atoms with van der Waals surface area (Å²) in [4.78, 5) is 0. The van der Waals surface area contributed by atoms with Crippen molar-refractivity contribution in [2.24, 2.45) is 0 Å². The number of benzene rings is 1. The van der Waals surface area contributed by atoms with Gasteiger partial charge >= 0.3 is 0 Å². The number of ether oxygens (including phenoxy) is 1. The summed E-state index contributed by atoms with van der Waals surface area (Å²) in [6.07, 6.45) is 0.835. The van der Waals surface area contributed by atoms with Crippen molar-refractivity contribution in [1.29, 1.82) is 0 Å². The zero-order chi connectivity index (χ0) is 13.6. The van der Waals surface area contributed by atoms with Gasteiger partial charge in [-0.05, 0) is 52.3 Å². The Labute approximate surface area is 112 Å². The van der Waals surface area contributed by atoms with Crippen LogP contribution in [0.2, 0.25) is 5.02 Å². The summed E-state index contributed by atoms with van der Waals surface area (Å²) in [7, 11) is 0. The van der Waals surface area contributed by atoms with Gasteiger partial charge in [-0.3, -0.25) is 0 Å². The molecule has 4 heteroatoms. The van der Waals surface area contributed by atoms with Gasteiger partial charge < -0.3 is 10.1 Å². The molecule has 100 valence electrons. The van der Waals surface area contributed by atoms with Gasteiger partial charge in [-0.1, -0.05) is 11.6 Å². The van der Waals surface area contributed by atoms with Gasteiger partial charge in [0, 0.05) is 5.02 Å². The zero-order valence-electron chi connectivity index (χ0n) is 11.2. The van der Waals surface area contributed by atoms with Crippen molar-refractivity contribution in [2.45, 2.75) is 51.4 Å². The Balaban J connectivity index is 2.19. The molecule has 0 bridgehead atoms. The average molecular weight is 272 g/mol. The fraction of sp³-hybridized carbons (Fsp3) is 0.571. The molecule has 1 aromatic rings. The molecule has 1 heterocycles. The summed E-state index contributed by atoms with van der Waals surface area (Å²) >= 11 is 5.74. The van der Waals surface area contributed by atoms with E-state index in [1.807, 2.05) is 13.8 Å². The fourth-order valence-corrected chi connectivity index (χ4v) is 2.74. The Morgan fingerprint density at radius 1 is 1.33 bits per heavy atom. The molecule has 1 aliphatic rings. The van der Waals surface area contributed by atoms with E-state index in [1.165, 1.54) is 6.07 Å². The van der Waals surface area contributed by atoms with E-state index in [1.54, 1.807) is 12.1 Å². The lowest BCUT2D eigenvalue weighted by Gasteiger charge is -2.28. The first-order valence-corrected chi connectivity index (χ1v) is 6.49. The van der Waals surface area contributed by atoms with Gasteiger partial charge in [0.15, 0.2) is 0 Å². The molecular weight excluding hydrogens is 253 g/mol. The normalized spacial score (nSPS) is 25.1. The van der Waals surface area contributed by atoms with Gasteiger partial charge in [0.25, 0.3) is 0 Å². The molecule has 0 radical (unpaired) electrons. The fourth-order valence-electron chi connectivity index (χ4n) is 2.58. The monoisotopic (exact) mass is 271 g/mol. The molecule has 1 saturated heterocycles. The van der Waals surface area contributed by atoms with E-state index >= 15 is 0 Å². The summed E-state index contributed by atoms with van der Waals surface area (Å²) in [5.74, 6) is -0.331. The minimum absolute atomic E-state index is 0.0724. The Hall–Kier alpha value is -0.800. The number of rotatable bonds is 2. The molecule has 1 aromatic carbocycles. The summed E-state index contributed by atoms with van der Waals surface area (Å²) in [5, 5.41) is 3.63. The Morgan fingerprint density at radius 2 is 2.00 bits per heavy atom. The topological polar surface area (TPSA) is 21.3 Å². The van der Waals surface area contributed by atoms with E-state index < -0.39 is 0 Å². The molecule has 1 atom stereocenters.